The summed E-state index contributed by atoms with van der Waals surface area (Å²) in [5.41, 5.74) is 0.783. The van der Waals surface area contributed by atoms with Crippen molar-refractivity contribution in [1.29, 1.82) is 0 Å². The SMILES string of the molecule is CCOC(CNCc1cccc(OC)c1O)OCC. The first-order valence-electron chi connectivity index (χ1n) is 6.51. The monoisotopic (exact) mass is 269 g/mol. The fourth-order valence-electron chi connectivity index (χ4n) is 1.74. The maximum absolute atomic E-state index is 9.93. The van der Waals surface area contributed by atoms with E-state index in [1.165, 1.54) is 7.11 Å². The third-order valence-corrected chi connectivity index (χ3v) is 2.63. The van der Waals surface area contributed by atoms with Crippen molar-refractivity contribution in [1.82, 2.24) is 5.32 Å². The van der Waals surface area contributed by atoms with Crippen molar-refractivity contribution < 1.29 is 19.3 Å². The predicted molar refractivity (Wildman–Crippen MR) is 73.4 cm³/mol. The topological polar surface area (TPSA) is 60.0 Å². The Bertz CT molecular complexity index is 364. The lowest BCUT2D eigenvalue weighted by Crippen LogP contribution is -2.31. The van der Waals surface area contributed by atoms with Gasteiger partial charge in [0.2, 0.25) is 0 Å². The molecule has 0 fully saturated rings. The number of aromatic hydroxyl groups is 1. The first kappa shape index (κ1) is 15.8. The number of hydrogen-bond donors (Lipinski definition) is 2. The molecule has 0 heterocycles. The molecule has 0 radical (unpaired) electrons. The molecule has 0 saturated heterocycles. The average molecular weight is 269 g/mol. The van der Waals surface area contributed by atoms with Crippen molar-refractivity contribution in [3.8, 4) is 11.5 Å². The largest absolute Gasteiger partial charge is 0.504 e. The van der Waals surface area contributed by atoms with E-state index < -0.39 is 0 Å². The van der Waals surface area contributed by atoms with Gasteiger partial charge in [-0.25, -0.2) is 0 Å². The lowest BCUT2D eigenvalue weighted by molar-refractivity contribution is -0.133. The van der Waals surface area contributed by atoms with Crippen LogP contribution in [0.4, 0.5) is 0 Å². The smallest absolute Gasteiger partial charge is 0.169 e. The van der Waals surface area contributed by atoms with Crippen LogP contribution in [0.1, 0.15) is 19.4 Å². The molecule has 0 atom stereocenters. The minimum absolute atomic E-state index is 0.168. The predicted octanol–water partition coefficient (Wildman–Crippen LogP) is 1.89. The number of methoxy groups -OCH3 is 1. The van der Waals surface area contributed by atoms with Crippen molar-refractivity contribution in [2.45, 2.75) is 26.7 Å². The molecular formula is C14H23NO4. The number of ether oxygens (including phenoxy) is 3. The van der Waals surface area contributed by atoms with E-state index in [4.69, 9.17) is 14.2 Å². The third-order valence-electron chi connectivity index (χ3n) is 2.63. The Kier molecular flexibility index (Phi) is 7.25. The van der Waals surface area contributed by atoms with Crippen molar-refractivity contribution in [3.05, 3.63) is 23.8 Å². The molecule has 0 amide bonds. The van der Waals surface area contributed by atoms with Gasteiger partial charge in [0.1, 0.15) is 0 Å². The number of rotatable bonds is 9. The first-order valence-corrected chi connectivity index (χ1v) is 6.51. The fraction of sp³-hybridized carbons (Fsp3) is 0.571. The Labute approximate surface area is 114 Å². The van der Waals surface area contributed by atoms with Gasteiger partial charge in [-0.2, -0.15) is 0 Å². The second kappa shape index (κ2) is 8.74. The first-order chi connectivity index (χ1) is 9.22. The second-order valence-electron chi connectivity index (χ2n) is 3.94. The van der Waals surface area contributed by atoms with Crippen molar-refractivity contribution in [3.63, 3.8) is 0 Å². The van der Waals surface area contributed by atoms with E-state index in [0.29, 0.717) is 32.1 Å². The van der Waals surface area contributed by atoms with Crippen LogP contribution in [-0.2, 0) is 16.0 Å². The minimum atomic E-state index is -0.261. The minimum Gasteiger partial charge on any atom is -0.504 e. The van der Waals surface area contributed by atoms with Gasteiger partial charge >= 0.3 is 0 Å². The highest BCUT2D eigenvalue weighted by atomic mass is 16.7. The molecular weight excluding hydrogens is 246 g/mol. The highest BCUT2D eigenvalue weighted by molar-refractivity contribution is 5.45. The summed E-state index contributed by atoms with van der Waals surface area (Å²) in [6.07, 6.45) is -0.261. The molecule has 0 bridgehead atoms. The molecule has 19 heavy (non-hydrogen) atoms. The number of para-hydroxylation sites is 1. The third kappa shape index (κ3) is 5.06. The zero-order chi connectivity index (χ0) is 14.1. The maximum atomic E-state index is 9.93. The number of phenols is 1. The van der Waals surface area contributed by atoms with Crippen LogP contribution in [0, 0.1) is 0 Å². The van der Waals surface area contributed by atoms with Gasteiger partial charge in [-0.15, -0.1) is 0 Å². The highest BCUT2D eigenvalue weighted by Crippen LogP contribution is 2.28. The molecule has 0 spiro atoms. The van der Waals surface area contributed by atoms with Crippen molar-refractivity contribution in [2.24, 2.45) is 0 Å². The van der Waals surface area contributed by atoms with Gasteiger partial charge in [-0.05, 0) is 19.9 Å². The standard InChI is InChI=1S/C14H23NO4/c1-4-18-13(19-5-2)10-15-9-11-7-6-8-12(17-3)14(11)16/h6-8,13,15-16H,4-5,9-10H2,1-3H3. The molecule has 108 valence electrons. The van der Waals surface area contributed by atoms with E-state index in [0.717, 1.165) is 5.56 Å². The van der Waals surface area contributed by atoms with Crippen LogP contribution >= 0.6 is 0 Å². The van der Waals surface area contributed by atoms with Gasteiger partial charge in [0.15, 0.2) is 17.8 Å². The summed E-state index contributed by atoms with van der Waals surface area (Å²) < 4.78 is 15.9. The van der Waals surface area contributed by atoms with Crippen LogP contribution < -0.4 is 10.1 Å². The molecule has 0 aromatic heterocycles. The highest BCUT2D eigenvalue weighted by Gasteiger charge is 2.10. The molecule has 1 aromatic rings. The summed E-state index contributed by atoms with van der Waals surface area (Å²) in [6, 6.07) is 5.42. The van der Waals surface area contributed by atoms with Crippen LogP contribution in [0.25, 0.3) is 0 Å². The summed E-state index contributed by atoms with van der Waals surface area (Å²) in [6.45, 7) is 6.17. The lowest BCUT2D eigenvalue weighted by Gasteiger charge is -2.17. The number of phenolic OH excluding ortho intramolecular Hbond substituents is 1. The van der Waals surface area contributed by atoms with Gasteiger partial charge in [0.05, 0.1) is 7.11 Å². The van der Waals surface area contributed by atoms with E-state index >= 15 is 0 Å². The average Bonchev–Trinajstić information content (AvgIpc) is 2.41. The van der Waals surface area contributed by atoms with Gasteiger partial charge in [0, 0.05) is 31.9 Å². The van der Waals surface area contributed by atoms with Gasteiger partial charge in [-0.3, -0.25) is 0 Å². The fourth-order valence-corrected chi connectivity index (χ4v) is 1.74. The van der Waals surface area contributed by atoms with Crippen LogP contribution in [-0.4, -0.2) is 38.3 Å². The van der Waals surface area contributed by atoms with E-state index in [1.807, 2.05) is 26.0 Å². The lowest BCUT2D eigenvalue weighted by atomic mass is 10.2. The van der Waals surface area contributed by atoms with Crippen LogP contribution in [0.15, 0.2) is 18.2 Å². The number of hydrogen-bond acceptors (Lipinski definition) is 5. The molecule has 0 aliphatic rings. The summed E-state index contributed by atoms with van der Waals surface area (Å²) in [4.78, 5) is 0. The number of benzene rings is 1. The van der Waals surface area contributed by atoms with Gasteiger partial charge in [0.25, 0.3) is 0 Å². The number of nitrogens with one attached hydrogen (secondary N) is 1. The molecule has 0 saturated carbocycles. The summed E-state index contributed by atoms with van der Waals surface area (Å²) in [5.74, 6) is 0.646. The van der Waals surface area contributed by atoms with Crippen LogP contribution in [0.5, 0.6) is 11.5 Å². The molecule has 5 nitrogen and oxygen atoms in total. The van der Waals surface area contributed by atoms with E-state index in [2.05, 4.69) is 5.32 Å². The quantitative estimate of drug-likeness (QED) is 0.670. The van der Waals surface area contributed by atoms with Crippen LogP contribution in [0.3, 0.4) is 0 Å². The van der Waals surface area contributed by atoms with Crippen LogP contribution in [0.2, 0.25) is 0 Å². The van der Waals surface area contributed by atoms with Crippen molar-refractivity contribution in [2.75, 3.05) is 26.9 Å². The molecule has 0 aliphatic heterocycles. The normalized spacial score (nSPS) is 10.9. The molecule has 0 aliphatic carbocycles. The van der Waals surface area contributed by atoms with E-state index in [-0.39, 0.29) is 12.0 Å². The second-order valence-corrected chi connectivity index (χ2v) is 3.94. The van der Waals surface area contributed by atoms with E-state index in [1.54, 1.807) is 6.07 Å². The summed E-state index contributed by atoms with van der Waals surface area (Å²) >= 11 is 0. The molecule has 1 aromatic carbocycles. The molecule has 5 heteroatoms. The summed E-state index contributed by atoms with van der Waals surface area (Å²) in [7, 11) is 1.53. The Morgan fingerprint density at radius 3 is 2.47 bits per heavy atom. The Morgan fingerprint density at radius 1 is 1.21 bits per heavy atom. The molecule has 1 rings (SSSR count). The molecule has 2 N–H and O–H groups in total. The van der Waals surface area contributed by atoms with Gasteiger partial charge in [-0.1, -0.05) is 12.1 Å². The Balaban J connectivity index is 2.47. The molecule has 0 unspecified atom stereocenters. The Hall–Kier alpha value is -1.30. The van der Waals surface area contributed by atoms with E-state index in [9.17, 15) is 5.11 Å². The zero-order valence-corrected chi connectivity index (χ0v) is 11.8. The maximum Gasteiger partial charge on any atom is 0.169 e. The Morgan fingerprint density at radius 2 is 1.89 bits per heavy atom. The zero-order valence-electron chi connectivity index (χ0n) is 11.8. The van der Waals surface area contributed by atoms with Crippen molar-refractivity contribution >= 4 is 0 Å². The van der Waals surface area contributed by atoms with Gasteiger partial charge < -0.3 is 24.6 Å². The summed E-state index contributed by atoms with van der Waals surface area (Å²) in [5, 5.41) is 13.1.